The molecule has 1 fully saturated rings. The molecule has 144 valence electrons. The number of nitrogens with zero attached hydrogens (tertiary/aromatic N) is 5. The second kappa shape index (κ2) is 7.21. The van der Waals surface area contributed by atoms with Gasteiger partial charge in [-0.2, -0.15) is 0 Å². The van der Waals surface area contributed by atoms with E-state index in [1.165, 1.54) is 0 Å². The van der Waals surface area contributed by atoms with Gasteiger partial charge in [-0.25, -0.2) is 14.5 Å². The number of aromatic nitrogens is 5. The van der Waals surface area contributed by atoms with Crippen LogP contribution < -0.4 is 5.32 Å². The minimum absolute atomic E-state index is 0.299. The van der Waals surface area contributed by atoms with Crippen molar-refractivity contribution in [2.75, 3.05) is 25.6 Å². The van der Waals surface area contributed by atoms with Gasteiger partial charge in [0.25, 0.3) is 0 Å². The van der Waals surface area contributed by atoms with Crippen LogP contribution in [0, 0.1) is 0 Å². The maximum absolute atomic E-state index is 5.72. The van der Waals surface area contributed by atoms with Gasteiger partial charge < -0.3 is 19.2 Å². The van der Waals surface area contributed by atoms with E-state index in [4.69, 9.17) is 9.47 Å². The van der Waals surface area contributed by atoms with E-state index in [-0.39, 0.29) is 0 Å². The van der Waals surface area contributed by atoms with Crippen LogP contribution in [0.4, 0.5) is 5.95 Å². The van der Waals surface area contributed by atoms with Gasteiger partial charge >= 0.3 is 0 Å². The number of hydrogen-bond acceptors (Lipinski definition) is 6. The van der Waals surface area contributed by atoms with E-state index in [0.717, 1.165) is 35.1 Å². The van der Waals surface area contributed by atoms with Crippen molar-refractivity contribution in [3.8, 4) is 11.1 Å². The molecule has 28 heavy (non-hydrogen) atoms. The molecule has 0 amide bonds. The van der Waals surface area contributed by atoms with E-state index < -0.39 is 0 Å². The number of methoxy groups -OCH3 is 1. The molecule has 4 aromatic rings. The lowest BCUT2D eigenvalue weighted by Gasteiger charge is -2.35. The highest BCUT2D eigenvalue weighted by Crippen LogP contribution is 2.28. The monoisotopic (exact) mass is 378 g/mol. The van der Waals surface area contributed by atoms with Crippen molar-refractivity contribution in [1.29, 1.82) is 0 Å². The van der Waals surface area contributed by atoms with Crippen LogP contribution in [0.2, 0.25) is 0 Å². The van der Waals surface area contributed by atoms with E-state index >= 15 is 0 Å². The molecular formula is C20H22N6O2. The fraction of sp³-hybridized carbons (Fsp3) is 0.350. The van der Waals surface area contributed by atoms with Crippen molar-refractivity contribution in [1.82, 2.24) is 24.0 Å². The Morgan fingerprint density at radius 2 is 2.07 bits per heavy atom. The highest BCUT2D eigenvalue weighted by molar-refractivity contribution is 5.80. The summed E-state index contributed by atoms with van der Waals surface area (Å²) in [4.78, 5) is 8.81. The predicted molar refractivity (Wildman–Crippen MR) is 105 cm³/mol. The van der Waals surface area contributed by atoms with Crippen molar-refractivity contribution >= 4 is 17.1 Å². The van der Waals surface area contributed by atoms with E-state index in [9.17, 15) is 0 Å². The number of imidazole rings is 1. The molecule has 0 spiro atoms. The molecule has 1 N–H and O–H groups in total. The first-order chi connectivity index (χ1) is 13.8. The lowest BCUT2D eigenvalue weighted by molar-refractivity contribution is -0.0261. The zero-order valence-electron chi connectivity index (χ0n) is 15.7. The smallest absolute Gasteiger partial charge is 0.241 e. The molecule has 1 saturated carbocycles. The highest BCUT2D eigenvalue weighted by atomic mass is 16.5. The van der Waals surface area contributed by atoms with E-state index in [1.807, 2.05) is 33.6 Å². The molecule has 8 nitrogen and oxygen atoms in total. The third-order valence-corrected chi connectivity index (χ3v) is 5.19. The van der Waals surface area contributed by atoms with Crippen molar-refractivity contribution in [2.45, 2.75) is 25.0 Å². The Labute approximate surface area is 162 Å². The van der Waals surface area contributed by atoms with Crippen LogP contribution in [0.3, 0.4) is 0 Å². The third-order valence-electron chi connectivity index (χ3n) is 5.19. The van der Waals surface area contributed by atoms with E-state index in [2.05, 4.69) is 38.7 Å². The fourth-order valence-electron chi connectivity index (χ4n) is 3.59. The summed E-state index contributed by atoms with van der Waals surface area (Å²) in [6.07, 6.45) is 11.9. The number of anilines is 1. The van der Waals surface area contributed by atoms with Crippen molar-refractivity contribution in [3.05, 3.63) is 49.2 Å². The Hall–Kier alpha value is -2.97. The summed E-state index contributed by atoms with van der Waals surface area (Å²) < 4.78 is 14.6. The minimum Gasteiger partial charge on any atom is -0.382 e. The molecule has 1 aliphatic carbocycles. The van der Waals surface area contributed by atoms with Gasteiger partial charge in [0.05, 0.1) is 31.0 Å². The molecule has 4 aromatic heterocycles. The lowest BCUT2D eigenvalue weighted by Crippen LogP contribution is -2.41. The molecule has 0 atom stereocenters. The van der Waals surface area contributed by atoms with Crippen LogP contribution in [-0.4, -0.2) is 56.5 Å². The van der Waals surface area contributed by atoms with Crippen LogP contribution >= 0.6 is 0 Å². The average Bonchev–Trinajstić information content (AvgIpc) is 3.31. The van der Waals surface area contributed by atoms with Gasteiger partial charge in [0, 0.05) is 49.1 Å². The average molecular weight is 378 g/mol. The van der Waals surface area contributed by atoms with Crippen molar-refractivity contribution < 1.29 is 9.47 Å². The summed E-state index contributed by atoms with van der Waals surface area (Å²) in [7, 11) is 1.69. The number of nitrogens with one attached hydrogen (secondary N) is 1. The normalized spacial score (nSPS) is 19.2. The molecule has 0 aromatic carbocycles. The van der Waals surface area contributed by atoms with E-state index in [0.29, 0.717) is 31.3 Å². The van der Waals surface area contributed by atoms with Crippen molar-refractivity contribution in [2.24, 2.45) is 0 Å². The fourth-order valence-corrected chi connectivity index (χ4v) is 3.59. The summed E-state index contributed by atoms with van der Waals surface area (Å²) in [5.74, 6) is 0.639. The SMILES string of the molecule is COCCOC1CC(Nc2ncc3c(-c4ccc5nccn5c4)ccn3n2)C1. The first kappa shape index (κ1) is 17.2. The number of hydrogen-bond donors (Lipinski definition) is 1. The van der Waals surface area contributed by atoms with Gasteiger partial charge in [0.15, 0.2) is 0 Å². The first-order valence-corrected chi connectivity index (χ1v) is 9.45. The van der Waals surface area contributed by atoms with Crippen LogP contribution in [0.5, 0.6) is 0 Å². The van der Waals surface area contributed by atoms with Crippen LogP contribution in [0.25, 0.3) is 22.3 Å². The standard InChI is InChI=1S/C20H22N6O2/c1-27-8-9-28-16-10-15(11-16)23-20-22-12-18-17(4-6-26(18)24-20)14-2-3-19-21-5-7-25(19)13-14/h2-7,12-13,15-16H,8-11H2,1H3,(H,23,24). The molecule has 0 bridgehead atoms. The number of fused-ring (bicyclic) bond motifs is 2. The summed E-state index contributed by atoms with van der Waals surface area (Å²) in [6.45, 7) is 1.28. The molecule has 0 unspecified atom stereocenters. The molecule has 0 aliphatic heterocycles. The maximum atomic E-state index is 5.72. The number of rotatable bonds is 7. The topological polar surface area (TPSA) is 78.0 Å². The second-order valence-corrected chi connectivity index (χ2v) is 7.05. The van der Waals surface area contributed by atoms with E-state index in [1.54, 1.807) is 13.3 Å². The summed E-state index contributed by atoms with van der Waals surface area (Å²) in [5.41, 5.74) is 4.10. The van der Waals surface area contributed by atoms with Gasteiger partial charge in [0.2, 0.25) is 5.95 Å². The molecule has 4 heterocycles. The molecule has 8 heteroatoms. The Morgan fingerprint density at radius 1 is 1.14 bits per heavy atom. The Balaban J connectivity index is 1.29. The Kier molecular flexibility index (Phi) is 4.42. The largest absolute Gasteiger partial charge is 0.382 e. The van der Waals surface area contributed by atoms with Crippen molar-refractivity contribution in [3.63, 3.8) is 0 Å². The van der Waals surface area contributed by atoms with Gasteiger partial charge in [0.1, 0.15) is 5.65 Å². The highest BCUT2D eigenvalue weighted by Gasteiger charge is 2.30. The molecular weight excluding hydrogens is 356 g/mol. The number of ether oxygens (including phenoxy) is 2. The summed E-state index contributed by atoms with van der Waals surface area (Å²) >= 11 is 0. The molecule has 5 rings (SSSR count). The van der Waals surface area contributed by atoms with Gasteiger partial charge in [-0.3, -0.25) is 0 Å². The minimum atomic E-state index is 0.299. The quantitative estimate of drug-likeness (QED) is 0.498. The predicted octanol–water partition coefficient (Wildman–Crippen LogP) is 2.65. The Morgan fingerprint density at radius 3 is 2.96 bits per heavy atom. The number of pyridine rings is 1. The molecule has 0 radical (unpaired) electrons. The molecule has 0 saturated heterocycles. The first-order valence-electron chi connectivity index (χ1n) is 9.45. The summed E-state index contributed by atoms with van der Waals surface area (Å²) in [5, 5.41) is 8.00. The molecule has 1 aliphatic rings. The van der Waals surface area contributed by atoms with Crippen LogP contribution in [0.1, 0.15) is 12.8 Å². The lowest BCUT2D eigenvalue weighted by atomic mass is 9.89. The summed E-state index contributed by atoms with van der Waals surface area (Å²) in [6, 6.07) is 6.50. The zero-order valence-corrected chi connectivity index (χ0v) is 15.7. The second-order valence-electron chi connectivity index (χ2n) is 7.05. The third kappa shape index (κ3) is 3.21. The maximum Gasteiger partial charge on any atom is 0.241 e. The Bertz CT molecular complexity index is 1100. The van der Waals surface area contributed by atoms with Gasteiger partial charge in [-0.05, 0) is 31.0 Å². The van der Waals surface area contributed by atoms with Gasteiger partial charge in [-0.15, -0.1) is 5.10 Å². The zero-order chi connectivity index (χ0) is 18.9. The van der Waals surface area contributed by atoms with Gasteiger partial charge in [-0.1, -0.05) is 0 Å². The van der Waals surface area contributed by atoms with Crippen LogP contribution in [-0.2, 0) is 9.47 Å². The van der Waals surface area contributed by atoms with Crippen LogP contribution in [0.15, 0.2) is 49.2 Å².